The zero-order valence-electron chi connectivity index (χ0n) is 7.80. The molecule has 1 rings (SSSR count). The number of anilines is 1. The van der Waals surface area contributed by atoms with Gasteiger partial charge in [0.25, 0.3) is 0 Å². The zero-order valence-corrected chi connectivity index (χ0v) is 7.80. The Hall–Kier alpha value is -0.980. The highest BCUT2D eigenvalue weighted by atomic mass is 14.8. The van der Waals surface area contributed by atoms with Crippen LogP contribution >= 0.6 is 0 Å². The molecule has 1 aromatic rings. The quantitative estimate of drug-likeness (QED) is 0.720. The fourth-order valence-electron chi connectivity index (χ4n) is 1.13. The van der Waals surface area contributed by atoms with Gasteiger partial charge in [-0.25, -0.2) is 0 Å². The first kappa shape index (κ1) is 9.11. The molecule has 1 aromatic carbocycles. The molecule has 1 nitrogen and oxygen atoms in total. The molecule has 0 saturated carbocycles. The lowest BCUT2D eigenvalue weighted by Gasteiger charge is -2.07. The van der Waals surface area contributed by atoms with Crippen molar-refractivity contribution in [2.24, 2.45) is 0 Å². The van der Waals surface area contributed by atoms with E-state index in [0.717, 1.165) is 12.2 Å². The summed E-state index contributed by atoms with van der Waals surface area (Å²) in [5.41, 5.74) is 2.53. The summed E-state index contributed by atoms with van der Waals surface area (Å²) in [5, 5.41) is 3.16. The van der Waals surface area contributed by atoms with E-state index in [1.807, 2.05) is 0 Å². The van der Waals surface area contributed by atoms with Crippen molar-refractivity contribution in [3.63, 3.8) is 0 Å². The molecule has 0 amide bonds. The standard InChI is InChI=1S/C11H16N/c1-4-12-11-7-5-10(6-8-11)9(2)3/h5-9,12H,1,4H2,2-3H3. The van der Waals surface area contributed by atoms with Crippen molar-refractivity contribution < 1.29 is 0 Å². The number of nitrogens with one attached hydrogen (secondary N) is 1. The summed E-state index contributed by atoms with van der Waals surface area (Å²) < 4.78 is 0. The summed E-state index contributed by atoms with van der Waals surface area (Å²) in [6.45, 7) is 8.86. The molecular formula is C11H16N. The zero-order chi connectivity index (χ0) is 8.97. The van der Waals surface area contributed by atoms with Crippen LogP contribution in [0.1, 0.15) is 25.3 Å². The molecule has 0 atom stereocenters. The minimum atomic E-state index is 0.610. The van der Waals surface area contributed by atoms with Crippen LogP contribution in [0.2, 0.25) is 0 Å². The van der Waals surface area contributed by atoms with Crippen LogP contribution in [0.25, 0.3) is 0 Å². The Morgan fingerprint density at radius 1 is 1.25 bits per heavy atom. The molecular weight excluding hydrogens is 146 g/mol. The molecule has 0 spiro atoms. The van der Waals surface area contributed by atoms with Gasteiger partial charge in [-0.2, -0.15) is 0 Å². The van der Waals surface area contributed by atoms with Gasteiger partial charge in [-0.1, -0.05) is 26.0 Å². The second-order valence-electron chi connectivity index (χ2n) is 3.20. The smallest absolute Gasteiger partial charge is 0.0340 e. The fraction of sp³-hybridized carbons (Fsp3) is 0.364. The fourth-order valence-corrected chi connectivity index (χ4v) is 1.13. The van der Waals surface area contributed by atoms with Crippen LogP contribution in [-0.2, 0) is 0 Å². The maximum atomic E-state index is 3.73. The molecule has 0 fully saturated rings. The average Bonchev–Trinajstić information content (AvgIpc) is 2.06. The summed E-state index contributed by atoms with van der Waals surface area (Å²) in [5.74, 6) is 0.610. The van der Waals surface area contributed by atoms with Gasteiger partial charge in [0.1, 0.15) is 0 Å². The van der Waals surface area contributed by atoms with Crippen LogP contribution in [0.15, 0.2) is 24.3 Å². The van der Waals surface area contributed by atoms with E-state index >= 15 is 0 Å². The van der Waals surface area contributed by atoms with Crippen LogP contribution in [0.3, 0.4) is 0 Å². The molecule has 12 heavy (non-hydrogen) atoms. The number of hydrogen-bond donors (Lipinski definition) is 1. The van der Waals surface area contributed by atoms with Gasteiger partial charge < -0.3 is 5.32 Å². The Bertz CT molecular complexity index is 223. The van der Waals surface area contributed by atoms with Crippen LogP contribution in [-0.4, -0.2) is 6.54 Å². The van der Waals surface area contributed by atoms with E-state index in [-0.39, 0.29) is 0 Å². The summed E-state index contributed by atoms with van der Waals surface area (Å²) in [7, 11) is 0. The summed E-state index contributed by atoms with van der Waals surface area (Å²) >= 11 is 0. The van der Waals surface area contributed by atoms with Gasteiger partial charge in [-0.3, -0.25) is 0 Å². The molecule has 0 bridgehead atoms. The molecule has 0 aliphatic heterocycles. The largest absolute Gasteiger partial charge is 0.385 e. The molecule has 0 saturated heterocycles. The third-order valence-electron chi connectivity index (χ3n) is 1.91. The van der Waals surface area contributed by atoms with Crippen molar-refractivity contribution in [3.8, 4) is 0 Å². The Kier molecular flexibility index (Phi) is 3.15. The number of rotatable bonds is 3. The van der Waals surface area contributed by atoms with Crippen LogP contribution < -0.4 is 5.32 Å². The van der Waals surface area contributed by atoms with Crippen molar-refractivity contribution in [2.45, 2.75) is 19.8 Å². The lowest BCUT2D eigenvalue weighted by atomic mass is 10.0. The highest BCUT2D eigenvalue weighted by Gasteiger charge is 1.97. The Balaban J connectivity index is 2.71. The predicted octanol–water partition coefficient (Wildman–Crippen LogP) is 3.06. The van der Waals surface area contributed by atoms with E-state index in [0.29, 0.717) is 5.92 Å². The topological polar surface area (TPSA) is 12.0 Å². The van der Waals surface area contributed by atoms with E-state index in [1.165, 1.54) is 5.56 Å². The molecule has 0 unspecified atom stereocenters. The Labute approximate surface area is 74.8 Å². The molecule has 0 aliphatic rings. The van der Waals surface area contributed by atoms with Gasteiger partial charge >= 0.3 is 0 Å². The first-order valence-electron chi connectivity index (χ1n) is 4.37. The van der Waals surface area contributed by atoms with Gasteiger partial charge in [-0.05, 0) is 30.5 Å². The van der Waals surface area contributed by atoms with Gasteiger partial charge in [0, 0.05) is 12.2 Å². The maximum Gasteiger partial charge on any atom is 0.0340 e. The third-order valence-corrected chi connectivity index (χ3v) is 1.91. The normalized spacial score (nSPS) is 10.3. The van der Waals surface area contributed by atoms with Gasteiger partial charge in [-0.15, -0.1) is 0 Å². The highest BCUT2D eigenvalue weighted by Crippen LogP contribution is 2.16. The summed E-state index contributed by atoms with van der Waals surface area (Å²) in [4.78, 5) is 0. The maximum absolute atomic E-state index is 3.73. The highest BCUT2D eigenvalue weighted by molar-refractivity contribution is 5.45. The lowest BCUT2D eigenvalue weighted by molar-refractivity contribution is 0.867. The first-order chi connectivity index (χ1) is 5.74. The summed E-state index contributed by atoms with van der Waals surface area (Å²) in [6, 6.07) is 8.51. The number of hydrogen-bond acceptors (Lipinski definition) is 1. The predicted molar refractivity (Wildman–Crippen MR) is 54.4 cm³/mol. The van der Waals surface area contributed by atoms with E-state index in [2.05, 4.69) is 50.4 Å². The average molecular weight is 162 g/mol. The van der Waals surface area contributed by atoms with E-state index in [1.54, 1.807) is 0 Å². The van der Waals surface area contributed by atoms with E-state index in [4.69, 9.17) is 0 Å². The lowest BCUT2D eigenvalue weighted by Crippen LogP contribution is -1.96. The van der Waals surface area contributed by atoms with Crippen LogP contribution in [0, 0.1) is 6.92 Å². The van der Waals surface area contributed by atoms with Crippen LogP contribution in [0.4, 0.5) is 5.69 Å². The van der Waals surface area contributed by atoms with Crippen molar-refractivity contribution >= 4 is 5.69 Å². The SMILES string of the molecule is [CH2]CNc1ccc(C(C)C)cc1. The second kappa shape index (κ2) is 4.15. The molecule has 0 aliphatic carbocycles. The molecule has 1 N–H and O–H groups in total. The summed E-state index contributed by atoms with van der Waals surface area (Å²) in [6.07, 6.45) is 0. The number of benzene rings is 1. The van der Waals surface area contributed by atoms with Crippen LogP contribution in [0.5, 0.6) is 0 Å². The minimum Gasteiger partial charge on any atom is -0.385 e. The van der Waals surface area contributed by atoms with Crippen molar-refractivity contribution in [1.29, 1.82) is 0 Å². The first-order valence-corrected chi connectivity index (χ1v) is 4.37. The van der Waals surface area contributed by atoms with Gasteiger partial charge in [0.05, 0.1) is 0 Å². The Morgan fingerprint density at radius 2 is 1.83 bits per heavy atom. The molecule has 1 heteroatoms. The Morgan fingerprint density at radius 3 is 2.25 bits per heavy atom. The molecule has 0 aromatic heterocycles. The van der Waals surface area contributed by atoms with Gasteiger partial charge in [0.15, 0.2) is 0 Å². The van der Waals surface area contributed by atoms with E-state index in [9.17, 15) is 0 Å². The minimum absolute atomic E-state index is 0.610. The van der Waals surface area contributed by atoms with Crippen molar-refractivity contribution in [1.82, 2.24) is 0 Å². The van der Waals surface area contributed by atoms with Crippen molar-refractivity contribution in [3.05, 3.63) is 36.8 Å². The molecule has 65 valence electrons. The monoisotopic (exact) mass is 162 g/mol. The van der Waals surface area contributed by atoms with Crippen molar-refractivity contribution in [2.75, 3.05) is 11.9 Å². The third kappa shape index (κ3) is 2.26. The van der Waals surface area contributed by atoms with Gasteiger partial charge in [0.2, 0.25) is 0 Å². The van der Waals surface area contributed by atoms with E-state index < -0.39 is 0 Å². The molecule has 1 radical (unpaired) electrons. The second-order valence-corrected chi connectivity index (χ2v) is 3.20. The molecule has 0 heterocycles.